The molecule has 2 aromatic carbocycles. The molecule has 0 bridgehead atoms. The Morgan fingerprint density at radius 3 is 2.39 bits per heavy atom. The van der Waals surface area contributed by atoms with Crippen molar-refractivity contribution in [2.75, 3.05) is 5.32 Å². The molecule has 9 heteroatoms. The number of phenols is 1. The van der Waals surface area contributed by atoms with E-state index in [2.05, 4.69) is 37.2 Å². The van der Waals surface area contributed by atoms with Gasteiger partial charge in [0.25, 0.3) is 0 Å². The average Bonchev–Trinajstić information content (AvgIpc) is 2.64. The van der Waals surface area contributed by atoms with E-state index >= 15 is 0 Å². The summed E-state index contributed by atoms with van der Waals surface area (Å²) < 4.78 is 7.19. The molecule has 0 aromatic heterocycles. The standard InChI is InChI=1S/C22H22Br2ClNO5/c1-10(2)13-7-12(8-15(25)18(13)27)31-19-14(23)9-16(11(3)17(19)24)26-20(28)22(21(29)30)5-4-6-22/h7-10,27H,4-6H2,1-3H3,(H,26,28)(H,29,30). The van der Waals surface area contributed by atoms with Crippen LogP contribution in [0.2, 0.25) is 5.02 Å². The molecular formula is C22H22Br2ClNO5. The third kappa shape index (κ3) is 4.43. The highest BCUT2D eigenvalue weighted by molar-refractivity contribution is 9.11. The van der Waals surface area contributed by atoms with Crippen molar-refractivity contribution in [2.24, 2.45) is 5.41 Å². The lowest BCUT2D eigenvalue weighted by Crippen LogP contribution is -2.48. The molecule has 0 saturated heterocycles. The van der Waals surface area contributed by atoms with Crippen molar-refractivity contribution < 1.29 is 24.5 Å². The number of hydrogen-bond donors (Lipinski definition) is 3. The highest BCUT2D eigenvalue weighted by atomic mass is 79.9. The molecule has 0 aliphatic heterocycles. The Labute approximate surface area is 202 Å². The monoisotopic (exact) mass is 573 g/mol. The maximum Gasteiger partial charge on any atom is 0.319 e. The number of carbonyl (C=O) groups is 2. The lowest BCUT2D eigenvalue weighted by molar-refractivity contribution is -0.159. The highest BCUT2D eigenvalue weighted by Crippen LogP contribution is 2.46. The summed E-state index contributed by atoms with van der Waals surface area (Å²) in [5.74, 6) is -0.641. The zero-order valence-electron chi connectivity index (χ0n) is 17.2. The molecule has 1 saturated carbocycles. The van der Waals surface area contributed by atoms with E-state index in [1.165, 1.54) is 6.07 Å². The molecule has 31 heavy (non-hydrogen) atoms. The van der Waals surface area contributed by atoms with Crippen LogP contribution in [0.3, 0.4) is 0 Å². The van der Waals surface area contributed by atoms with Gasteiger partial charge in [0.15, 0.2) is 5.75 Å². The van der Waals surface area contributed by atoms with Gasteiger partial charge < -0.3 is 20.3 Å². The smallest absolute Gasteiger partial charge is 0.319 e. The molecule has 2 aromatic rings. The minimum absolute atomic E-state index is 0.0275. The predicted molar refractivity (Wildman–Crippen MR) is 126 cm³/mol. The van der Waals surface area contributed by atoms with E-state index < -0.39 is 17.3 Å². The zero-order chi connectivity index (χ0) is 23.1. The largest absolute Gasteiger partial charge is 0.506 e. The van der Waals surface area contributed by atoms with Crippen molar-refractivity contribution in [2.45, 2.75) is 46.0 Å². The van der Waals surface area contributed by atoms with Crippen LogP contribution >= 0.6 is 43.5 Å². The summed E-state index contributed by atoms with van der Waals surface area (Å²) in [6.45, 7) is 5.67. The van der Waals surface area contributed by atoms with Crippen LogP contribution in [-0.4, -0.2) is 22.1 Å². The second kappa shape index (κ2) is 9.00. The van der Waals surface area contributed by atoms with E-state index in [4.69, 9.17) is 16.3 Å². The number of anilines is 1. The van der Waals surface area contributed by atoms with Crippen LogP contribution in [0.1, 0.15) is 50.2 Å². The van der Waals surface area contributed by atoms with Gasteiger partial charge in [-0.05, 0) is 75.2 Å². The average molecular weight is 576 g/mol. The van der Waals surface area contributed by atoms with E-state index in [1.54, 1.807) is 19.1 Å². The van der Waals surface area contributed by atoms with Gasteiger partial charge in [-0.1, -0.05) is 31.9 Å². The number of nitrogens with one attached hydrogen (secondary N) is 1. The Hall–Kier alpha value is -1.77. The fourth-order valence-electron chi connectivity index (χ4n) is 3.44. The molecule has 6 nitrogen and oxygen atoms in total. The topological polar surface area (TPSA) is 95.9 Å². The quantitative estimate of drug-likeness (QED) is 0.323. The number of amides is 1. The fraction of sp³-hybridized carbons (Fsp3) is 0.364. The molecule has 166 valence electrons. The van der Waals surface area contributed by atoms with Crippen molar-refractivity contribution in [3.63, 3.8) is 0 Å². The van der Waals surface area contributed by atoms with E-state index in [1.807, 2.05) is 13.8 Å². The van der Waals surface area contributed by atoms with Gasteiger partial charge in [-0.25, -0.2) is 0 Å². The molecule has 0 radical (unpaired) electrons. The van der Waals surface area contributed by atoms with Crippen molar-refractivity contribution in [3.8, 4) is 17.2 Å². The van der Waals surface area contributed by atoms with E-state index in [0.717, 1.165) is 0 Å². The molecule has 3 rings (SSSR count). The third-order valence-electron chi connectivity index (χ3n) is 5.63. The Kier molecular flexibility index (Phi) is 6.93. The Morgan fingerprint density at radius 1 is 1.23 bits per heavy atom. The number of aromatic hydroxyl groups is 1. The van der Waals surface area contributed by atoms with Crippen LogP contribution in [0, 0.1) is 12.3 Å². The first kappa shape index (κ1) is 23.9. The summed E-state index contributed by atoms with van der Waals surface area (Å²) in [6, 6.07) is 4.93. The Bertz CT molecular complexity index is 1070. The second-order valence-corrected chi connectivity index (χ2v) is 10.0. The van der Waals surface area contributed by atoms with Gasteiger partial charge in [0, 0.05) is 17.3 Å². The SMILES string of the molecule is Cc1c(NC(=O)C2(C(=O)O)CCC2)cc(Br)c(Oc2cc(Cl)c(O)c(C(C)C)c2)c1Br. The lowest BCUT2D eigenvalue weighted by Gasteiger charge is -2.36. The van der Waals surface area contributed by atoms with Crippen LogP contribution in [0.25, 0.3) is 0 Å². The third-order valence-corrected chi connectivity index (χ3v) is 7.46. The van der Waals surface area contributed by atoms with Crippen LogP contribution in [-0.2, 0) is 9.59 Å². The number of rotatable bonds is 6. The lowest BCUT2D eigenvalue weighted by atomic mass is 9.68. The van der Waals surface area contributed by atoms with Gasteiger partial charge in [-0.15, -0.1) is 0 Å². The molecule has 1 fully saturated rings. The number of halogens is 3. The van der Waals surface area contributed by atoms with E-state index in [-0.39, 0.29) is 16.7 Å². The molecular weight excluding hydrogens is 554 g/mol. The first-order valence-electron chi connectivity index (χ1n) is 9.71. The van der Waals surface area contributed by atoms with Gasteiger partial charge in [0.05, 0.1) is 14.0 Å². The van der Waals surface area contributed by atoms with Crippen molar-refractivity contribution in [1.82, 2.24) is 0 Å². The number of hydrogen-bond acceptors (Lipinski definition) is 4. The van der Waals surface area contributed by atoms with Gasteiger partial charge in [0.2, 0.25) is 5.91 Å². The molecule has 0 unspecified atom stereocenters. The minimum atomic E-state index is -1.36. The number of ether oxygens (including phenoxy) is 1. The normalized spacial score (nSPS) is 14.8. The number of carboxylic acid groups (broad SMARTS) is 1. The second-order valence-electron chi connectivity index (χ2n) is 7.97. The number of carbonyl (C=O) groups excluding carboxylic acids is 1. The van der Waals surface area contributed by atoms with Gasteiger partial charge in [0.1, 0.15) is 16.9 Å². The summed E-state index contributed by atoms with van der Waals surface area (Å²) >= 11 is 13.1. The number of carboxylic acids is 1. The van der Waals surface area contributed by atoms with Crippen LogP contribution in [0.15, 0.2) is 27.1 Å². The molecule has 0 spiro atoms. The summed E-state index contributed by atoms with van der Waals surface area (Å²) in [7, 11) is 0. The fourth-order valence-corrected chi connectivity index (χ4v) is 4.94. The number of aliphatic carboxylic acids is 1. The minimum Gasteiger partial charge on any atom is -0.506 e. The molecule has 1 amide bonds. The van der Waals surface area contributed by atoms with Crippen LogP contribution in [0.5, 0.6) is 17.2 Å². The van der Waals surface area contributed by atoms with E-state index in [0.29, 0.717) is 56.5 Å². The summed E-state index contributed by atoms with van der Waals surface area (Å²) in [5, 5.41) is 22.6. The molecule has 1 aliphatic rings. The van der Waals surface area contributed by atoms with Crippen LogP contribution < -0.4 is 10.1 Å². The van der Waals surface area contributed by atoms with Crippen molar-refractivity contribution in [1.29, 1.82) is 0 Å². The number of phenolic OH excluding ortho intramolecular Hbond substituents is 1. The van der Waals surface area contributed by atoms with Gasteiger partial charge in [-0.3, -0.25) is 9.59 Å². The van der Waals surface area contributed by atoms with Crippen LogP contribution in [0.4, 0.5) is 5.69 Å². The molecule has 0 heterocycles. The van der Waals surface area contributed by atoms with Gasteiger partial charge in [-0.2, -0.15) is 0 Å². The molecule has 1 aliphatic carbocycles. The van der Waals surface area contributed by atoms with Crippen molar-refractivity contribution in [3.05, 3.63) is 43.3 Å². The molecule has 3 N–H and O–H groups in total. The summed E-state index contributed by atoms with van der Waals surface area (Å²) in [6.07, 6.45) is 1.37. The first-order valence-corrected chi connectivity index (χ1v) is 11.7. The zero-order valence-corrected chi connectivity index (χ0v) is 21.1. The predicted octanol–water partition coefficient (Wildman–Crippen LogP) is 6.99. The molecule has 0 atom stereocenters. The Balaban J connectivity index is 1.92. The van der Waals surface area contributed by atoms with Gasteiger partial charge >= 0.3 is 5.97 Å². The summed E-state index contributed by atoms with van der Waals surface area (Å²) in [4.78, 5) is 24.3. The first-order chi connectivity index (χ1) is 14.5. The van der Waals surface area contributed by atoms with Crippen molar-refractivity contribution >= 4 is 61.0 Å². The van der Waals surface area contributed by atoms with E-state index in [9.17, 15) is 19.8 Å². The Morgan fingerprint density at radius 2 is 1.87 bits per heavy atom. The highest BCUT2D eigenvalue weighted by Gasteiger charge is 2.51. The number of benzene rings is 2. The maximum atomic E-state index is 12.7. The maximum absolute atomic E-state index is 12.7. The summed E-state index contributed by atoms with van der Waals surface area (Å²) in [5.41, 5.74) is 0.460.